The fourth-order valence-corrected chi connectivity index (χ4v) is 3.38. The lowest BCUT2D eigenvalue weighted by molar-refractivity contribution is -0.00461. The van der Waals surface area contributed by atoms with E-state index < -0.39 is 5.91 Å². The van der Waals surface area contributed by atoms with Gasteiger partial charge in [0.05, 0.1) is 11.3 Å². The highest BCUT2D eigenvalue weighted by Gasteiger charge is 2.36. The van der Waals surface area contributed by atoms with E-state index in [1.807, 2.05) is 11.0 Å². The number of nitrogen functional groups attached to an aromatic ring is 1. The van der Waals surface area contributed by atoms with Crippen LogP contribution in [0.4, 0.5) is 10.7 Å². The molecule has 2 heterocycles. The van der Waals surface area contributed by atoms with Crippen LogP contribution in [0.2, 0.25) is 0 Å². The van der Waals surface area contributed by atoms with Gasteiger partial charge in [0, 0.05) is 27.3 Å². The largest absolute Gasteiger partial charge is 0.396 e. The van der Waals surface area contributed by atoms with Gasteiger partial charge in [-0.1, -0.05) is 0 Å². The number of nitriles is 1. The molecule has 2 atom stereocenters. The summed E-state index contributed by atoms with van der Waals surface area (Å²) in [6.07, 6.45) is -0.204. The number of nitrogens with zero attached hydrogens (tertiary/aromatic N) is 2. The van der Waals surface area contributed by atoms with Crippen molar-refractivity contribution >= 4 is 27.9 Å². The summed E-state index contributed by atoms with van der Waals surface area (Å²) in [5.41, 5.74) is 11.5. The van der Waals surface area contributed by atoms with Crippen LogP contribution in [0.3, 0.4) is 0 Å². The van der Waals surface area contributed by atoms with Gasteiger partial charge in [-0.05, 0) is 0 Å². The van der Waals surface area contributed by atoms with Crippen molar-refractivity contribution in [2.75, 3.05) is 37.9 Å². The average Bonchev–Trinajstić information content (AvgIpc) is 2.98. The summed E-state index contributed by atoms with van der Waals surface area (Å²) >= 11 is 1.16. The third-order valence-electron chi connectivity index (χ3n) is 3.38. The van der Waals surface area contributed by atoms with Crippen LogP contribution in [0.5, 0.6) is 0 Å². The van der Waals surface area contributed by atoms with Gasteiger partial charge in [0.2, 0.25) is 0 Å². The third kappa shape index (κ3) is 2.31. The van der Waals surface area contributed by atoms with Crippen LogP contribution in [-0.2, 0) is 9.47 Å². The first-order valence-electron chi connectivity index (χ1n) is 5.96. The lowest BCUT2D eigenvalue weighted by Crippen LogP contribution is -2.27. The molecule has 8 heteroatoms. The van der Waals surface area contributed by atoms with Gasteiger partial charge in [-0.15, -0.1) is 11.3 Å². The molecule has 1 aromatic rings. The van der Waals surface area contributed by atoms with Crippen molar-refractivity contribution < 1.29 is 14.3 Å². The summed E-state index contributed by atoms with van der Waals surface area (Å²) in [6.45, 7) is 1.11. The van der Waals surface area contributed by atoms with Gasteiger partial charge in [-0.25, -0.2) is 0 Å². The summed E-state index contributed by atoms with van der Waals surface area (Å²) in [5.74, 6) is -0.634. The molecule has 0 aromatic carbocycles. The van der Waals surface area contributed by atoms with Crippen LogP contribution in [-0.4, -0.2) is 45.4 Å². The van der Waals surface area contributed by atoms with Crippen LogP contribution in [0.25, 0.3) is 0 Å². The number of thiophene rings is 1. The van der Waals surface area contributed by atoms with Crippen molar-refractivity contribution in [2.45, 2.75) is 12.2 Å². The number of ether oxygens (including phenoxy) is 2. The Morgan fingerprint density at radius 2 is 1.95 bits per heavy atom. The normalized spacial score (nSPS) is 21.9. The first kappa shape index (κ1) is 14.6. The first-order valence-corrected chi connectivity index (χ1v) is 6.77. The zero-order valence-electron chi connectivity index (χ0n) is 11.3. The van der Waals surface area contributed by atoms with Crippen molar-refractivity contribution in [3.05, 3.63) is 10.4 Å². The Kier molecular flexibility index (Phi) is 4.13. The van der Waals surface area contributed by atoms with Crippen LogP contribution >= 0.6 is 11.3 Å². The van der Waals surface area contributed by atoms with E-state index in [4.69, 9.17) is 26.2 Å². The fraction of sp³-hybridized carbons (Fsp3) is 0.500. The molecule has 7 nitrogen and oxygen atoms in total. The number of hydrogen-bond acceptors (Lipinski definition) is 7. The Labute approximate surface area is 120 Å². The molecular formula is C12H16N4O3S. The van der Waals surface area contributed by atoms with Gasteiger partial charge < -0.3 is 25.8 Å². The monoisotopic (exact) mass is 296 g/mol. The maximum Gasteiger partial charge on any atom is 0.253 e. The highest BCUT2D eigenvalue weighted by Crippen LogP contribution is 2.39. The number of carbonyl (C=O) groups is 1. The molecule has 0 spiro atoms. The van der Waals surface area contributed by atoms with E-state index in [-0.39, 0.29) is 23.5 Å². The molecule has 0 bridgehead atoms. The zero-order chi connectivity index (χ0) is 14.9. The third-order valence-corrected chi connectivity index (χ3v) is 4.55. The second-order valence-corrected chi connectivity index (χ2v) is 5.45. The van der Waals surface area contributed by atoms with Crippen molar-refractivity contribution in [3.63, 3.8) is 0 Å². The van der Waals surface area contributed by atoms with E-state index in [9.17, 15) is 4.79 Å². The number of hydrogen-bond donors (Lipinski definition) is 2. The molecule has 1 fully saturated rings. The average molecular weight is 296 g/mol. The first-order chi connectivity index (χ1) is 9.53. The number of methoxy groups -OCH3 is 2. The molecule has 0 aliphatic carbocycles. The van der Waals surface area contributed by atoms with E-state index in [1.54, 1.807) is 14.2 Å². The molecule has 108 valence electrons. The van der Waals surface area contributed by atoms with Gasteiger partial charge in [0.1, 0.15) is 28.2 Å². The molecule has 1 saturated heterocycles. The standard InChI is InChI=1S/C12H16N4O3S/c1-18-6-4-16(5-7(6)19-2)12-9(11(15)17)10(14)8(3-13)20-12/h6-7H,4-5,14H2,1-2H3,(H2,15,17). The molecule has 1 amide bonds. The van der Waals surface area contributed by atoms with Gasteiger partial charge in [0.15, 0.2) is 0 Å². The minimum atomic E-state index is -0.634. The second-order valence-electron chi connectivity index (χ2n) is 4.45. The fourth-order valence-electron chi connectivity index (χ4n) is 2.34. The predicted molar refractivity (Wildman–Crippen MR) is 75.8 cm³/mol. The Hall–Kier alpha value is -1.82. The van der Waals surface area contributed by atoms with E-state index >= 15 is 0 Å². The molecular weight excluding hydrogens is 280 g/mol. The van der Waals surface area contributed by atoms with Gasteiger partial charge in [-0.2, -0.15) is 5.26 Å². The van der Waals surface area contributed by atoms with Crippen LogP contribution in [0, 0.1) is 11.3 Å². The van der Waals surface area contributed by atoms with Crippen molar-refractivity contribution in [2.24, 2.45) is 5.73 Å². The van der Waals surface area contributed by atoms with Crippen molar-refractivity contribution in [1.29, 1.82) is 5.26 Å². The Morgan fingerprint density at radius 1 is 1.40 bits per heavy atom. The van der Waals surface area contributed by atoms with E-state index in [2.05, 4.69) is 0 Å². The highest BCUT2D eigenvalue weighted by atomic mass is 32.1. The Morgan fingerprint density at radius 3 is 2.35 bits per heavy atom. The lowest BCUT2D eigenvalue weighted by atomic mass is 10.2. The van der Waals surface area contributed by atoms with Crippen LogP contribution < -0.4 is 16.4 Å². The Bertz CT molecular complexity index is 554. The van der Waals surface area contributed by atoms with Crippen LogP contribution in [0.1, 0.15) is 15.2 Å². The van der Waals surface area contributed by atoms with Gasteiger partial charge in [-0.3, -0.25) is 4.79 Å². The zero-order valence-corrected chi connectivity index (χ0v) is 12.1. The molecule has 1 aliphatic heterocycles. The van der Waals surface area contributed by atoms with Crippen molar-refractivity contribution in [1.82, 2.24) is 0 Å². The van der Waals surface area contributed by atoms with Gasteiger partial charge in [0.25, 0.3) is 5.91 Å². The van der Waals surface area contributed by atoms with Crippen molar-refractivity contribution in [3.8, 4) is 6.07 Å². The molecule has 0 radical (unpaired) electrons. The maximum atomic E-state index is 11.6. The number of rotatable bonds is 4. The molecule has 4 N–H and O–H groups in total. The molecule has 1 aromatic heterocycles. The second kappa shape index (κ2) is 5.66. The lowest BCUT2D eigenvalue weighted by Gasteiger charge is -2.17. The SMILES string of the molecule is COC1CN(c2sc(C#N)c(N)c2C(N)=O)CC1OC. The van der Waals surface area contributed by atoms with E-state index in [0.717, 1.165) is 11.3 Å². The summed E-state index contributed by atoms with van der Waals surface area (Å²) < 4.78 is 10.7. The minimum absolute atomic E-state index is 0.102. The number of nitrogens with two attached hydrogens (primary N) is 2. The predicted octanol–water partition coefficient (Wildman–Crippen LogP) is 0.151. The summed E-state index contributed by atoms with van der Waals surface area (Å²) in [4.78, 5) is 13.8. The van der Waals surface area contributed by atoms with E-state index in [0.29, 0.717) is 23.0 Å². The summed E-state index contributed by atoms with van der Waals surface area (Å²) in [5, 5.41) is 9.64. The number of primary amides is 1. The van der Waals surface area contributed by atoms with Crippen LogP contribution in [0.15, 0.2) is 0 Å². The molecule has 0 saturated carbocycles. The van der Waals surface area contributed by atoms with Gasteiger partial charge >= 0.3 is 0 Å². The summed E-state index contributed by atoms with van der Waals surface area (Å²) in [6, 6.07) is 1.98. The maximum absolute atomic E-state index is 11.6. The molecule has 1 aliphatic rings. The highest BCUT2D eigenvalue weighted by molar-refractivity contribution is 7.17. The molecule has 2 rings (SSSR count). The minimum Gasteiger partial charge on any atom is -0.396 e. The van der Waals surface area contributed by atoms with E-state index in [1.165, 1.54) is 0 Å². The number of anilines is 2. The smallest absolute Gasteiger partial charge is 0.253 e. The number of carbonyl (C=O) groups excluding carboxylic acids is 1. The summed E-state index contributed by atoms with van der Waals surface area (Å²) in [7, 11) is 3.22. The topological polar surface area (TPSA) is 115 Å². The Balaban J connectivity index is 2.39. The molecule has 20 heavy (non-hydrogen) atoms. The number of amides is 1. The molecule has 2 unspecified atom stereocenters. The quantitative estimate of drug-likeness (QED) is 0.817.